The fourth-order valence-corrected chi connectivity index (χ4v) is 3.11. The Hall–Kier alpha value is -0.500. The first-order chi connectivity index (χ1) is 6.24. The molecule has 2 aliphatic rings. The summed E-state index contributed by atoms with van der Waals surface area (Å²) in [5, 5.41) is 12.2. The van der Waals surface area contributed by atoms with Gasteiger partial charge in [-0.15, -0.1) is 11.6 Å². The molecule has 0 aliphatic heterocycles. The van der Waals surface area contributed by atoms with Crippen molar-refractivity contribution in [2.45, 2.75) is 31.1 Å². The van der Waals surface area contributed by atoms with Gasteiger partial charge in [0.25, 0.3) is 0 Å². The van der Waals surface area contributed by atoms with Gasteiger partial charge in [0.1, 0.15) is 0 Å². The van der Waals surface area contributed by atoms with E-state index < -0.39 is 0 Å². The smallest absolute Gasteiger partial charge is 0.0934 e. The number of rotatable bonds is 1. The van der Waals surface area contributed by atoms with Crippen molar-refractivity contribution in [3.63, 3.8) is 0 Å². The van der Waals surface area contributed by atoms with Crippen LogP contribution in [0.1, 0.15) is 26.2 Å². The highest BCUT2D eigenvalue weighted by Crippen LogP contribution is 2.53. The fraction of sp³-hybridized carbons (Fsp3) is 0.700. The van der Waals surface area contributed by atoms with Crippen LogP contribution in [0.5, 0.6) is 0 Å². The Labute approximate surface area is 83.3 Å². The summed E-state index contributed by atoms with van der Waals surface area (Å²) in [7, 11) is 0. The summed E-state index contributed by atoms with van der Waals surface area (Å²) < 4.78 is 0. The molecule has 0 bridgehead atoms. The highest BCUT2D eigenvalue weighted by Gasteiger charge is 2.57. The molecule has 0 aromatic rings. The summed E-state index contributed by atoms with van der Waals surface area (Å²) in [6.45, 7) is 2.11. The van der Waals surface area contributed by atoms with Gasteiger partial charge in [-0.05, 0) is 19.3 Å². The van der Waals surface area contributed by atoms with E-state index in [1.54, 1.807) is 0 Å². The van der Waals surface area contributed by atoms with Crippen LogP contribution in [0.3, 0.4) is 0 Å². The quantitative estimate of drug-likeness (QED) is 0.300. The van der Waals surface area contributed by atoms with E-state index in [1.165, 1.54) is 0 Å². The van der Waals surface area contributed by atoms with Gasteiger partial charge in [-0.3, -0.25) is 0 Å². The molecule has 0 spiro atoms. The summed E-state index contributed by atoms with van der Waals surface area (Å²) in [5.74, 6) is 0.748. The molecule has 1 saturated carbocycles. The molecule has 2 nitrogen and oxygen atoms in total. The molecule has 3 heteroatoms. The normalized spacial score (nSPS) is 45.8. The topological polar surface area (TPSA) is 32.6 Å². The third-order valence-corrected chi connectivity index (χ3v) is 3.94. The molecule has 1 fully saturated rings. The van der Waals surface area contributed by atoms with Gasteiger partial charge in [0.15, 0.2) is 0 Å². The molecular formula is C10H14ClNO. The number of hydrogen-bond donors (Lipinski definition) is 1. The third kappa shape index (κ3) is 1.05. The van der Waals surface area contributed by atoms with Crippen LogP contribution in [-0.2, 0) is 0 Å². The number of halogens is 1. The minimum atomic E-state index is -0.357. The lowest BCUT2D eigenvalue weighted by molar-refractivity contribution is 0.257. The Kier molecular flexibility index (Phi) is 2.11. The molecule has 2 rings (SSSR count). The lowest BCUT2D eigenvalue weighted by atomic mass is 9.58. The number of oxime groups is 1. The molecule has 0 aromatic carbocycles. The number of fused-ring (bicyclic) bond motifs is 1. The molecule has 0 aromatic heterocycles. The largest absolute Gasteiger partial charge is 0.411 e. The van der Waals surface area contributed by atoms with Gasteiger partial charge in [-0.2, -0.15) is 0 Å². The molecule has 0 radical (unpaired) electrons. The van der Waals surface area contributed by atoms with E-state index in [4.69, 9.17) is 16.8 Å². The summed E-state index contributed by atoms with van der Waals surface area (Å²) in [4.78, 5) is -0.357. The SMILES string of the molecule is CCC1/C(=N\O)C2(Cl)CCC=CC12. The third-order valence-electron chi connectivity index (χ3n) is 3.30. The average molecular weight is 200 g/mol. The van der Waals surface area contributed by atoms with E-state index in [2.05, 4.69) is 24.2 Å². The van der Waals surface area contributed by atoms with Gasteiger partial charge in [0, 0.05) is 11.8 Å². The lowest BCUT2D eigenvalue weighted by Crippen LogP contribution is -2.59. The van der Waals surface area contributed by atoms with Crippen LogP contribution in [0, 0.1) is 11.8 Å². The van der Waals surface area contributed by atoms with E-state index in [9.17, 15) is 0 Å². The van der Waals surface area contributed by atoms with E-state index in [0.29, 0.717) is 11.8 Å². The van der Waals surface area contributed by atoms with Crippen molar-refractivity contribution in [2.24, 2.45) is 17.0 Å². The Morgan fingerprint density at radius 2 is 2.54 bits per heavy atom. The second-order valence-corrected chi connectivity index (χ2v) is 4.53. The minimum absolute atomic E-state index is 0.357. The van der Waals surface area contributed by atoms with Gasteiger partial charge in [0.2, 0.25) is 0 Å². The molecular weight excluding hydrogens is 186 g/mol. The van der Waals surface area contributed by atoms with Crippen LogP contribution < -0.4 is 0 Å². The minimum Gasteiger partial charge on any atom is -0.411 e. The maximum absolute atomic E-state index is 8.87. The first-order valence-electron chi connectivity index (χ1n) is 4.82. The fourth-order valence-electron chi connectivity index (χ4n) is 2.59. The van der Waals surface area contributed by atoms with E-state index in [0.717, 1.165) is 25.0 Å². The Morgan fingerprint density at radius 3 is 3.15 bits per heavy atom. The number of allylic oxidation sites excluding steroid dienone is 2. The molecule has 72 valence electrons. The predicted molar refractivity (Wildman–Crippen MR) is 53.5 cm³/mol. The number of hydrogen-bond acceptors (Lipinski definition) is 2. The molecule has 0 saturated heterocycles. The van der Waals surface area contributed by atoms with Crippen molar-refractivity contribution in [2.75, 3.05) is 0 Å². The van der Waals surface area contributed by atoms with Crippen LogP contribution in [0.15, 0.2) is 17.3 Å². The van der Waals surface area contributed by atoms with Gasteiger partial charge in [0.05, 0.1) is 10.6 Å². The summed E-state index contributed by atoms with van der Waals surface area (Å²) in [6, 6.07) is 0. The van der Waals surface area contributed by atoms with Crippen molar-refractivity contribution in [1.82, 2.24) is 0 Å². The highest BCUT2D eigenvalue weighted by molar-refractivity contribution is 6.39. The van der Waals surface area contributed by atoms with Crippen LogP contribution in [0.25, 0.3) is 0 Å². The zero-order valence-corrected chi connectivity index (χ0v) is 8.46. The van der Waals surface area contributed by atoms with Crippen molar-refractivity contribution in [3.05, 3.63) is 12.2 Å². The van der Waals surface area contributed by atoms with Crippen molar-refractivity contribution >= 4 is 17.3 Å². The number of nitrogens with zero attached hydrogens (tertiary/aromatic N) is 1. The zero-order valence-electron chi connectivity index (χ0n) is 7.70. The van der Waals surface area contributed by atoms with E-state index >= 15 is 0 Å². The molecule has 13 heavy (non-hydrogen) atoms. The van der Waals surface area contributed by atoms with Crippen LogP contribution >= 0.6 is 11.6 Å². The van der Waals surface area contributed by atoms with Gasteiger partial charge >= 0.3 is 0 Å². The first-order valence-corrected chi connectivity index (χ1v) is 5.20. The standard InChI is InChI=1S/C10H14ClNO/c1-2-7-8-5-3-4-6-10(8,11)9(7)12-13/h3,5,7-8,13H,2,4,6H2,1H3/b12-9+. The molecule has 1 N–H and O–H groups in total. The monoisotopic (exact) mass is 199 g/mol. The first kappa shape index (κ1) is 9.07. The van der Waals surface area contributed by atoms with Gasteiger partial charge in [-0.25, -0.2) is 0 Å². The van der Waals surface area contributed by atoms with Crippen molar-refractivity contribution in [3.8, 4) is 0 Å². The zero-order chi connectivity index (χ0) is 9.47. The maximum Gasteiger partial charge on any atom is 0.0934 e. The summed E-state index contributed by atoms with van der Waals surface area (Å²) in [6.07, 6.45) is 7.27. The van der Waals surface area contributed by atoms with E-state index in [-0.39, 0.29) is 4.87 Å². The van der Waals surface area contributed by atoms with Gasteiger partial charge < -0.3 is 5.21 Å². The van der Waals surface area contributed by atoms with Crippen LogP contribution in [0.2, 0.25) is 0 Å². The Balaban J connectivity index is 2.29. The van der Waals surface area contributed by atoms with Crippen LogP contribution in [0.4, 0.5) is 0 Å². The highest BCUT2D eigenvalue weighted by atomic mass is 35.5. The summed E-state index contributed by atoms with van der Waals surface area (Å²) in [5.41, 5.74) is 0.797. The second kappa shape index (κ2) is 3.02. The predicted octanol–water partition coefficient (Wildman–Crippen LogP) is 2.80. The lowest BCUT2D eigenvalue weighted by Gasteiger charge is -2.52. The average Bonchev–Trinajstić information content (AvgIpc) is 2.12. The Bertz CT molecular complexity index is 274. The van der Waals surface area contributed by atoms with E-state index in [1.807, 2.05) is 0 Å². The van der Waals surface area contributed by atoms with Crippen molar-refractivity contribution in [1.29, 1.82) is 0 Å². The molecule has 0 amide bonds. The van der Waals surface area contributed by atoms with Crippen LogP contribution in [-0.4, -0.2) is 15.8 Å². The number of alkyl halides is 1. The Morgan fingerprint density at radius 1 is 1.77 bits per heavy atom. The molecule has 0 heterocycles. The molecule has 3 atom stereocenters. The maximum atomic E-state index is 8.87. The summed E-state index contributed by atoms with van der Waals surface area (Å²) >= 11 is 6.41. The molecule has 3 unspecified atom stereocenters. The molecule has 2 aliphatic carbocycles. The second-order valence-electron chi connectivity index (χ2n) is 3.86. The van der Waals surface area contributed by atoms with Crippen molar-refractivity contribution < 1.29 is 5.21 Å². The van der Waals surface area contributed by atoms with Gasteiger partial charge in [-0.1, -0.05) is 24.2 Å².